The Hall–Kier alpha value is -4.48. The van der Waals surface area contributed by atoms with E-state index >= 15 is 0 Å². The van der Waals surface area contributed by atoms with Crippen LogP contribution in [0.4, 0.5) is 21.9 Å². The standard InChI is InChI=1S/C32H31N5O5S/c1-19-16-23(42-22-7-3-2-4-8-22)9-10-24(19)37-25-11-13-33-30-26(25)27(35-32(37)40)28(43-30)29(38)34-21-6-5-14-36(17-21)31(39)20-12-15-41-18-20/h2-4,7-11,13,16,20-21H,5-6,12,14-15,17-18H2,1H3,(H,34,38)(H,35,40)/t20-,21+/m0/s1. The highest BCUT2D eigenvalue weighted by Crippen LogP contribution is 2.46. The molecule has 0 radical (unpaired) electrons. The van der Waals surface area contributed by atoms with E-state index in [2.05, 4.69) is 15.6 Å². The second kappa shape index (κ2) is 11.3. The van der Waals surface area contributed by atoms with Crippen LogP contribution in [-0.4, -0.2) is 60.1 Å². The highest BCUT2D eigenvalue weighted by atomic mass is 32.1. The maximum Gasteiger partial charge on any atom is 0.331 e. The number of urea groups is 1. The first kappa shape index (κ1) is 27.4. The number of amides is 4. The number of rotatable bonds is 6. The Labute approximate surface area is 252 Å². The van der Waals surface area contributed by atoms with Crippen LogP contribution in [0.15, 0.2) is 60.8 Å². The third-order valence-corrected chi connectivity index (χ3v) is 9.28. The molecule has 7 rings (SSSR count). The zero-order valence-electron chi connectivity index (χ0n) is 23.7. The number of carbonyl (C=O) groups is 3. The smallest absolute Gasteiger partial charge is 0.331 e. The second-order valence-corrected chi connectivity index (χ2v) is 12.1. The molecule has 11 heteroatoms. The molecule has 2 aromatic heterocycles. The molecule has 4 amide bonds. The van der Waals surface area contributed by atoms with Crippen molar-refractivity contribution in [1.82, 2.24) is 15.2 Å². The van der Waals surface area contributed by atoms with Crippen LogP contribution in [0.25, 0.3) is 10.2 Å². The van der Waals surface area contributed by atoms with Gasteiger partial charge in [-0.1, -0.05) is 18.2 Å². The molecule has 10 nitrogen and oxygen atoms in total. The van der Waals surface area contributed by atoms with Crippen molar-refractivity contribution in [3.8, 4) is 11.5 Å². The normalized spacial score (nSPS) is 19.8. The zero-order chi connectivity index (χ0) is 29.5. The van der Waals surface area contributed by atoms with Crippen LogP contribution in [0.1, 0.15) is 34.5 Å². The van der Waals surface area contributed by atoms with Gasteiger partial charge < -0.3 is 25.0 Å². The number of carbonyl (C=O) groups excluding carboxylic acids is 3. The van der Waals surface area contributed by atoms with Gasteiger partial charge in [-0.3, -0.25) is 14.5 Å². The summed E-state index contributed by atoms with van der Waals surface area (Å²) in [4.78, 5) is 49.2. The van der Waals surface area contributed by atoms with Crippen LogP contribution in [-0.2, 0) is 9.53 Å². The largest absolute Gasteiger partial charge is 0.457 e. The summed E-state index contributed by atoms with van der Waals surface area (Å²) < 4.78 is 11.4. The minimum absolute atomic E-state index is 0.0969. The van der Waals surface area contributed by atoms with E-state index in [0.29, 0.717) is 58.8 Å². The summed E-state index contributed by atoms with van der Waals surface area (Å²) in [7, 11) is 0. The number of piperidine rings is 1. The lowest BCUT2D eigenvalue weighted by Gasteiger charge is -2.34. The van der Waals surface area contributed by atoms with E-state index in [1.54, 1.807) is 17.2 Å². The summed E-state index contributed by atoms with van der Waals surface area (Å²) >= 11 is 1.25. The van der Waals surface area contributed by atoms with Gasteiger partial charge in [-0.25, -0.2) is 9.78 Å². The number of aromatic nitrogens is 1. The third kappa shape index (κ3) is 5.19. The van der Waals surface area contributed by atoms with Crippen molar-refractivity contribution in [3.05, 3.63) is 71.2 Å². The number of nitrogens with one attached hydrogen (secondary N) is 2. The molecule has 220 valence electrons. The Morgan fingerprint density at radius 2 is 1.95 bits per heavy atom. The fourth-order valence-electron chi connectivity index (χ4n) is 6.08. The topological polar surface area (TPSA) is 113 Å². The molecule has 2 atom stereocenters. The summed E-state index contributed by atoms with van der Waals surface area (Å²) in [5.74, 6) is 1.12. The van der Waals surface area contributed by atoms with Crippen LogP contribution in [0.5, 0.6) is 11.5 Å². The number of benzene rings is 2. The van der Waals surface area contributed by atoms with Gasteiger partial charge in [-0.15, -0.1) is 11.3 Å². The third-order valence-electron chi connectivity index (χ3n) is 8.19. The fourth-order valence-corrected chi connectivity index (χ4v) is 7.11. The van der Waals surface area contributed by atoms with Crippen LogP contribution in [0.3, 0.4) is 0 Å². The van der Waals surface area contributed by atoms with Gasteiger partial charge in [0.15, 0.2) is 0 Å². The lowest BCUT2D eigenvalue weighted by Crippen LogP contribution is -2.51. The number of pyridine rings is 1. The molecular weight excluding hydrogens is 566 g/mol. The molecule has 3 aliphatic rings. The minimum atomic E-state index is -0.361. The zero-order valence-corrected chi connectivity index (χ0v) is 24.5. The Balaban J connectivity index is 1.13. The number of para-hydroxylation sites is 1. The Morgan fingerprint density at radius 1 is 1.09 bits per heavy atom. The number of likely N-dealkylation sites (tertiary alicyclic amines) is 1. The minimum Gasteiger partial charge on any atom is -0.457 e. The van der Waals surface area contributed by atoms with Gasteiger partial charge in [0.25, 0.3) is 5.91 Å². The molecule has 0 unspecified atom stereocenters. The van der Waals surface area contributed by atoms with Crippen LogP contribution in [0.2, 0.25) is 0 Å². The van der Waals surface area contributed by atoms with E-state index in [4.69, 9.17) is 9.47 Å². The number of hydrogen-bond donors (Lipinski definition) is 2. The summed E-state index contributed by atoms with van der Waals surface area (Å²) in [6.07, 6.45) is 4.00. The molecule has 2 N–H and O–H groups in total. The van der Waals surface area contributed by atoms with Gasteiger partial charge in [0, 0.05) is 31.9 Å². The SMILES string of the molecule is Cc1cc(Oc2ccccc2)ccc1N1C(=O)Nc2c(C(=O)N[C@@H]3CCCN(C(=O)[C@H]4CCOC4)C3)sc3nccc1c23. The Kier molecular flexibility index (Phi) is 7.20. The number of thiophene rings is 1. The highest BCUT2D eigenvalue weighted by molar-refractivity contribution is 7.21. The molecule has 0 aliphatic carbocycles. The predicted molar refractivity (Wildman–Crippen MR) is 164 cm³/mol. The van der Waals surface area contributed by atoms with Crippen molar-refractivity contribution in [2.75, 3.05) is 36.5 Å². The molecular formula is C32H31N5O5S. The van der Waals surface area contributed by atoms with Crippen molar-refractivity contribution in [3.63, 3.8) is 0 Å². The van der Waals surface area contributed by atoms with E-state index in [-0.39, 0.29) is 29.8 Å². The van der Waals surface area contributed by atoms with E-state index in [1.165, 1.54) is 11.3 Å². The summed E-state index contributed by atoms with van der Waals surface area (Å²) in [6, 6.07) is 16.4. The van der Waals surface area contributed by atoms with Crippen LogP contribution < -0.4 is 20.3 Å². The molecule has 0 spiro atoms. The second-order valence-electron chi connectivity index (χ2n) is 11.1. The Morgan fingerprint density at radius 3 is 2.74 bits per heavy atom. The van der Waals surface area contributed by atoms with Gasteiger partial charge in [-0.05, 0) is 68.1 Å². The van der Waals surface area contributed by atoms with Gasteiger partial charge in [0.05, 0.1) is 35.0 Å². The molecule has 43 heavy (non-hydrogen) atoms. The molecule has 2 aromatic carbocycles. The average molecular weight is 598 g/mol. The number of aryl methyl sites for hydroxylation is 1. The predicted octanol–water partition coefficient (Wildman–Crippen LogP) is 5.84. The van der Waals surface area contributed by atoms with E-state index in [0.717, 1.165) is 36.0 Å². The fraction of sp³-hybridized carbons (Fsp3) is 0.312. The van der Waals surface area contributed by atoms with E-state index < -0.39 is 0 Å². The van der Waals surface area contributed by atoms with E-state index in [1.807, 2.05) is 60.4 Å². The number of nitrogens with zero attached hydrogens (tertiary/aromatic N) is 3. The van der Waals surface area contributed by atoms with Gasteiger partial charge in [0.2, 0.25) is 5.91 Å². The first-order valence-electron chi connectivity index (χ1n) is 14.5. The lowest BCUT2D eigenvalue weighted by atomic mass is 10.0. The molecule has 3 aliphatic heterocycles. The number of hydrogen-bond acceptors (Lipinski definition) is 7. The van der Waals surface area contributed by atoms with Crippen molar-refractivity contribution in [2.24, 2.45) is 5.92 Å². The Bertz CT molecular complexity index is 1720. The van der Waals surface area contributed by atoms with Crippen LogP contribution >= 0.6 is 11.3 Å². The number of anilines is 3. The van der Waals surface area contributed by atoms with E-state index in [9.17, 15) is 14.4 Å². The van der Waals surface area contributed by atoms with Gasteiger partial charge in [-0.2, -0.15) is 0 Å². The quantitative estimate of drug-likeness (QED) is 0.289. The van der Waals surface area contributed by atoms with Crippen LogP contribution in [0, 0.1) is 12.8 Å². The molecule has 2 fully saturated rings. The lowest BCUT2D eigenvalue weighted by molar-refractivity contribution is -0.136. The average Bonchev–Trinajstić information content (AvgIpc) is 3.68. The molecule has 4 aromatic rings. The highest BCUT2D eigenvalue weighted by Gasteiger charge is 2.35. The number of ether oxygens (including phenoxy) is 2. The summed E-state index contributed by atoms with van der Waals surface area (Å²) in [5.41, 5.74) is 2.68. The monoisotopic (exact) mass is 597 g/mol. The van der Waals surface area contributed by atoms with Gasteiger partial charge in [0.1, 0.15) is 21.2 Å². The molecule has 0 saturated carbocycles. The first-order valence-corrected chi connectivity index (χ1v) is 15.3. The van der Waals surface area contributed by atoms with Crippen molar-refractivity contribution < 1.29 is 23.9 Å². The van der Waals surface area contributed by atoms with Crippen molar-refractivity contribution in [2.45, 2.75) is 32.2 Å². The molecule has 2 saturated heterocycles. The molecule has 5 heterocycles. The maximum atomic E-state index is 13.6. The summed E-state index contributed by atoms with van der Waals surface area (Å²) in [6.45, 7) is 4.17. The summed E-state index contributed by atoms with van der Waals surface area (Å²) in [5, 5.41) is 6.82. The molecule has 0 bridgehead atoms. The first-order chi connectivity index (χ1) is 21.0. The van der Waals surface area contributed by atoms with Crippen molar-refractivity contribution >= 4 is 56.5 Å². The maximum absolute atomic E-state index is 13.6. The van der Waals surface area contributed by atoms with Crippen molar-refractivity contribution in [1.29, 1.82) is 0 Å². The van der Waals surface area contributed by atoms with Gasteiger partial charge >= 0.3 is 6.03 Å².